The standard InChI is InChI=1S/C35H38N6O2/c1-2-33(42)39-15-17-40(18-16-39)35-30-13-14-41(32-12-6-9-27-8-3-4-11-29(27)32)25-31(30)36-34(37-35)28-10-5-7-26(23-28)24-38-19-21-43-22-20-38/h2-12,23H,1,13-22,24-25H2. The highest BCUT2D eigenvalue weighted by molar-refractivity contribution is 5.94. The summed E-state index contributed by atoms with van der Waals surface area (Å²) in [6, 6.07) is 23.8. The molecule has 0 N–H and O–H groups in total. The number of nitrogens with zero attached hydrogens (tertiary/aromatic N) is 6. The summed E-state index contributed by atoms with van der Waals surface area (Å²) in [7, 11) is 0. The maximum Gasteiger partial charge on any atom is 0.246 e. The van der Waals surface area contributed by atoms with Crippen LogP contribution in [-0.2, 0) is 29.0 Å². The molecular weight excluding hydrogens is 536 g/mol. The van der Waals surface area contributed by atoms with Crippen molar-refractivity contribution in [2.45, 2.75) is 19.5 Å². The van der Waals surface area contributed by atoms with Crippen LogP contribution in [0.25, 0.3) is 22.2 Å². The van der Waals surface area contributed by atoms with Crippen molar-refractivity contribution in [1.29, 1.82) is 0 Å². The fourth-order valence-corrected chi connectivity index (χ4v) is 6.58. The predicted molar refractivity (Wildman–Crippen MR) is 171 cm³/mol. The highest BCUT2D eigenvalue weighted by atomic mass is 16.5. The third-order valence-electron chi connectivity index (χ3n) is 8.91. The van der Waals surface area contributed by atoms with Gasteiger partial charge in [0.25, 0.3) is 0 Å². The lowest BCUT2D eigenvalue weighted by Crippen LogP contribution is -2.49. The molecule has 43 heavy (non-hydrogen) atoms. The summed E-state index contributed by atoms with van der Waals surface area (Å²) in [5.74, 6) is 1.77. The van der Waals surface area contributed by atoms with Gasteiger partial charge in [-0.2, -0.15) is 0 Å². The molecule has 8 nitrogen and oxygen atoms in total. The number of morpholine rings is 1. The third kappa shape index (κ3) is 5.72. The number of ether oxygens (including phenoxy) is 1. The Kier molecular flexibility index (Phi) is 7.79. The summed E-state index contributed by atoms with van der Waals surface area (Å²) in [6.07, 6.45) is 2.28. The molecular formula is C35H38N6O2. The maximum atomic E-state index is 12.3. The summed E-state index contributed by atoms with van der Waals surface area (Å²) >= 11 is 0. The van der Waals surface area contributed by atoms with E-state index in [1.807, 2.05) is 4.90 Å². The van der Waals surface area contributed by atoms with Gasteiger partial charge in [-0.25, -0.2) is 9.97 Å². The minimum absolute atomic E-state index is 0.00660. The van der Waals surface area contributed by atoms with Crippen molar-refractivity contribution in [3.63, 3.8) is 0 Å². The number of benzene rings is 3. The van der Waals surface area contributed by atoms with E-state index in [0.29, 0.717) is 13.1 Å². The molecule has 4 heterocycles. The number of rotatable bonds is 6. The average molecular weight is 575 g/mol. The second-order valence-corrected chi connectivity index (χ2v) is 11.6. The first-order chi connectivity index (χ1) is 21.2. The molecule has 0 spiro atoms. The van der Waals surface area contributed by atoms with E-state index in [4.69, 9.17) is 14.7 Å². The highest BCUT2D eigenvalue weighted by Gasteiger charge is 2.29. The van der Waals surface area contributed by atoms with E-state index in [0.717, 1.165) is 88.3 Å². The summed E-state index contributed by atoms with van der Waals surface area (Å²) in [6.45, 7) is 12.5. The molecule has 1 amide bonds. The Morgan fingerprint density at radius 1 is 0.860 bits per heavy atom. The molecule has 0 radical (unpaired) electrons. The van der Waals surface area contributed by atoms with Gasteiger partial charge in [0.15, 0.2) is 5.82 Å². The Morgan fingerprint density at radius 3 is 2.49 bits per heavy atom. The number of aromatic nitrogens is 2. The number of hydrogen-bond donors (Lipinski definition) is 0. The molecule has 0 atom stereocenters. The van der Waals surface area contributed by atoms with Crippen LogP contribution in [0.3, 0.4) is 0 Å². The topological polar surface area (TPSA) is 65.0 Å². The number of carbonyl (C=O) groups is 1. The molecule has 0 unspecified atom stereocenters. The van der Waals surface area contributed by atoms with E-state index in [1.165, 1.54) is 33.7 Å². The molecule has 2 fully saturated rings. The number of piperazine rings is 1. The Labute approximate surface area is 253 Å². The number of fused-ring (bicyclic) bond motifs is 2. The normalized spacial score (nSPS) is 17.6. The predicted octanol–water partition coefficient (Wildman–Crippen LogP) is 4.53. The van der Waals surface area contributed by atoms with Crippen molar-refractivity contribution in [3.05, 3.63) is 96.2 Å². The van der Waals surface area contributed by atoms with Gasteiger partial charge in [-0.1, -0.05) is 61.2 Å². The molecule has 0 bridgehead atoms. The van der Waals surface area contributed by atoms with Crippen LogP contribution in [0.4, 0.5) is 11.5 Å². The first-order valence-electron chi connectivity index (χ1n) is 15.3. The largest absolute Gasteiger partial charge is 0.379 e. The summed E-state index contributed by atoms with van der Waals surface area (Å²) in [5.41, 5.74) is 5.86. The van der Waals surface area contributed by atoms with E-state index >= 15 is 0 Å². The van der Waals surface area contributed by atoms with Crippen LogP contribution in [0.15, 0.2) is 79.4 Å². The van der Waals surface area contributed by atoms with Gasteiger partial charge in [-0.15, -0.1) is 0 Å². The lowest BCUT2D eigenvalue weighted by atomic mass is 10.0. The zero-order valence-electron chi connectivity index (χ0n) is 24.6. The average Bonchev–Trinajstić information content (AvgIpc) is 3.07. The summed E-state index contributed by atoms with van der Waals surface area (Å²) in [4.78, 5) is 31.9. The van der Waals surface area contributed by atoms with Gasteiger partial charge in [-0.05, 0) is 35.6 Å². The van der Waals surface area contributed by atoms with Crippen molar-refractivity contribution >= 4 is 28.2 Å². The molecule has 3 aliphatic heterocycles. The van der Waals surface area contributed by atoms with Gasteiger partial charge in [0.1, 0.15) is 5.82 Å². The molecule has 2 saturated heterocycles. The minimum Gasteiger partial charge on any atom is -0.379 e. The van der Waals surface area contributed by atoms with E-state index in [9.17, 15) is 4.79 Å². The number of hydrogen-bond acceptors (Lipinski definition) is 7. The molecule has 0 aliphatic carbocycles. The van der Waals surface area contributed by atoms with Crippen molar-refractivity contribution in [2.75, 3.05) is 68.8 Å². The van der Waals surface area contributed by atoms with Crippen LogP contribution in [0.2, 0.25) is 0 Å². The van der Waals surface area contributed by atoms with Gasteiger partial charge in [0, 0.05) is 74.6 Å². The molecule has 4 aromatic rings. The Balaban J connectivity index is 1.24. The molecule has 3 aromatic carbocycles. The lowest BCUT2D eigenvalue weighted by Gasteiger charge is -2.38. The van der Waals surface area contributed by atoms with E-state index < -0.39 is 0 Å². The van der Waals surface area contributed by atoms with Crippen molar-refractivity contribution in [3.8, 4) is 11.4 Å². The van der Waals surface area contributed by atoms with E-state index in [-0.39, 0.29) is 5.91 Å². The Morgan fingerprint density at radius 2 is 1.65 bits per heavy atom. The van der Waals surface area contributed by atoms with Gasteiger partial charge in [0.05, 0.1) is 25.5 Å². The van der Waals surface area contributed by atoms with Crippen LogP contribution in [0, 0.1) is 0 Å². The first-order valence-corrected chi connectivity index (χ1v) is 15.3. The maximum absolute atomic E-state index is 12.3. The molecule has 1 aromatic heterocycles. The Hall–Kier alpha value is -4.27. The first kappa shape index (κ1) is 27.6. The second kappa shape index (κ2) is 12.1. The van der Waals surface area contributed by atoms with E-state index in [1.54, 1.807) is 0 Å². The molecule has 220 valence electrons. The Bertz CT molecular complexity index is 1640. The monoisotopic (exact) mass is 574 g/mol. The fourth-order valence-electron chi connectivity index (χ4n) is 6.58. The lowest BCUT2D eigenvalue weighted by molar-refractivity contribution is -0.126. The number of carbonyl (C=O) groups excluding carboxylic acids is 1. The zero-order chi connectivity index (χ0) is 29.2. The SMILES string of the molecule is C=CC(=O)N1CCN(c2nc(-c3cccc(CN4CCOCC4)c3)nc3c2CCN(c2cccc4ccccc24)C3)CC1. The quantitative estimate of drug-likeness (QED) is 0.314. The fraction of sp³-hybridized carbons (Fsp3) is 0.343. The van der Waals surface area contributed by atoms with Crippen LogP contribution >= 0.6 is 0 Å². The molecule has 0 saturated carbocycles. The molecule has 3 aliphatic rings. The van der Waals surface area contributed by atoms with Crippen molar-refractivity contribution in [1.82, 2.24) is 19.8 Å². The molecule has 7 rings (SSSR count). The van der Waals surface area contributed by atoms with Crippen LogP contribution in [0.5, 0.6) is 0 Å². The zero-order valence-corrected chi connectivity index (χ0v) is 24.6. The smallest absolute Gasteiger partial charge is 0.246 e. The summed E-state index contributed by atoms with van der Waals surface area (Å²) < 4.78 is 5.55. The summed E-state index contributed by atoms with van der Waals surface area (Å²) in [5, 5.41) is 2.51. The van der Waals surface area contributed by atoms with E-state index in [2.05, 4.69) is 88.0 Å². The van der Waals surface area contributed by atoms with Crippen molar-refractivity contribution < 1.29 is 9.53 Å². The second-order valence-electron chi connectivity index (χ2n) is 11.6. The van der Waals surface area contributed by atoms with Crippen LogP contribution < -0.4 is 9.80 Å². The number of anilines is 2. The van der Waals surface area contributed by atoms with Crippen LogP contribution in [-0.4, -0.2) is 84.7 Å². The van der Waals surface area contributed by atoms with Crippen molar-refractivity contribution in [2.24, 2.45) is 0 Å². The number of amides is 1. The van der Waals surface area contributed by atoms with Crippen LogP contribution in [0.1, 0.15) is 16.8 Å². The van der Waals surface area contributed by atoms with Gasteiger partial charge in [0.2, 0.25) is 5.91 Å². The highest BCUT2D eigenvalue weighted by Crippen LogP contribution is 2.35. The van der Waals surface area contributed by atoms with Gasteiger partial charge in [-0.3, -0.25) is 9.69 Å². The third-order valence-corrected chi connectivity index (χ3v) is 8.91. The molecule has 8 heteroatoms. The van der Waals surface area contributed by atoms with Gasteiger partial charge < -0.3 is 19.4 Å². The minimum atomic E-state index is -0.00660. The van der Waals surface area contributed by atoms with Gasteiger partial charge >= 0.3 is 0 Å².